The molecule has 228 valence electrons. The third kappa shape index (κ3) is 9.17. The molecular formula is C28H34F3N5O6. The lowest BCUT2D eigenvalue weighted by Crippen LogP contribution is -2.45. The van der Waals surface area contributed by atoms with E-state index in [2.05, 4.69) is 27.0 Å². The average Bonchev–Trinajstić information content (AvgIpc) is 3.38. The third-order valence-electron chi connectivity index (χ3n) is 6.83. The van der Waals surface area contributed by atoms with Crippen molar-refractivity contribution < 1.29 is 37.3 Å². The van der Waals surface area contributed by atoms with Gasteiger partial charge in [-0.15, -0.1) is 13.2 Å². The molecule has 2 heterocycles. The number of aromatic nitrogens is 1. The maximum Gasteiger partial charge on any atom is 0.573 e. The highest BCUT2D eigenvalue weighted by molar-refractivity contribution is 6.03. The van der Waals surface area contributed by atoms with Gasteiger partial charge in [0.15, 0.2) is 0 Å². The highest BCUT2D eigenvalue weighted by atomic mass is 19.4. The summed E-state index contributed by atoms with van der Waals surface area (Å²) in [6.07, 6.45) is -0.132. The van der Waals surface area contributed by atoms with Gasteiger partial charge in [-0.1, -0.05) is 5.57 Å². The predicted octanol–water partition coefficient (Wildman–Crippen LogP) is 3.87. The first kappa shape index (κ1) is 32.3. The number of rotatable bonds is 9. The van der Waals surface area contributed by atoms with E-state index in [4.69, 9.17) is 14.6 Å². The smallest absolute Gasteiger partial charge is 0.483 e. The van der Waals surface area contributed by atoms with E-state index in [1.54, 1.807) is 22.9 Å². The molecule has 0 bridgehead atoms. The number of allylic oxidation sites excluding steroid dienone is 1. The Hall–Kier alpha value is -4.17. The summed E-state index contributed by atoms with van der Waals surface area (Å²) in [6.45, 7) is 7.13. The molecule has 2 aliphatic rings. The number of carbonyl (C=O) groups excluding carboxylic acids is 1. The number of hydrogen-bond donors (Lipinski definition) is 2. The van der Waals surface area contributed by atoms with E-state index < -0.39 is 12.1 Å². The number of hydrogen-bond acceptors (Lipinski definition) is 7. The van der Waals surface area contributed by atoms with Crippen molar-refractivity contribution in [3.63, 3.8) is 0 Å². The Morgan fingerprint density at radius 1 is 1.21 bits per heavy atom. The Bertz CT molecular complexity index is 1330. The van der Waals surface area contributed by atoms with Crippen LogP contribution in [-0.2, 0) is 20.9 Å². The summed E-state index contributed by atoms with van der Waals surface area (Å²) >= 11 is 0. The largest absolute Gasteiger partial charge is 0.573 e. The number of aliphatic imine (C=N–C) groups is 1. The Balaban J connectivity index is 0.00000155. The van der Waals surface area contributed by atoms with Gasteiger partial charge in [-0.25, -0.2) is 10.0 Å². The van der Waals surface area contributed by atoms with E-state index in [9.17, 15) is 22.8 Å². The quantitative estimate of drug-likeness (QED) is 0.194. The highest BCUT2D eigenvalue weighted by Crippen LogP contribution is 2.28. The molecule has 42 heavy (non-hydrogen) atoms. The van der Waals surface area contributed by atoms with E-state index in [0.29, 0.717) is 45.0 Å². The van der Waals surface area contributed by atoms with Gasteiger partial charge in [0, 0.05) is 31.9 Å². The van der Waals surface area contributed by atoms with Crippen molar-refractivity contribution in [1.29, 1.82) is 0 Å². The maximum absolute atomic E-state index is 13.3. The number of nitrogens with zero attached hydrogens (tertiary/aromatic N) is 4. The maximum atomic E-state index is 13.3. The van der Waals surface area contributed by atoms with Crippen LogP contribution >= 0.6 is 0 Å². The molecule has 2 aromatic rings. The van der Waals surface area contributed by atoms with Crippen LogP contribution in [0.3, 0.4) is 0 Å². The molecule has 14 heteroatoms. The summed E-state index contributed by atoms with van der Waals surface area (Å²) in [6, 6.07) is 8.51. The number of carboxylic acid groups (broad SMARTS) is 1. The molecule has 11 nitrogen and oxygen atoms in total. The average molecular weight is 594 g/mol. The highest BCUT2D eigenvalue weighted by Gasteiger charge is 2.31. The van der Waals surface area contributed by atoms with E-state index in [1.165, 1.54) is 12.1 Å². The molecule has 1 unspecified atom stereocenters. The molecule has 0 radical (unpaired) electrons. The van der Waals surface area contributed by atoms with Crippen molar-refractivity contribution in [3.8, 4) is 5.75 Å². The Morgan fingerprint density at radius 2 is 1.93 bits per heavy atom. The van der Waals surface area contributed by atoms with Crippen LogP contribution in [0.1, 0.15) is 33.1 Å². The van der Waals surface area contributed by atoms with Gasteiger partial charge in [-0.05, 0) is 75.1 Å². The number of amides is 1. The molecule has 0 spiro atoms. The molecule has 1 aliphatic heterocycles. The molecule has 1 aromatic heterocycles. The number of nitrogens with one attached hydrogen (secondary N) is 1. The van der Waals surface area contributed by atoms with Gasteiger partial charge in [0.2, 0.25) is 6.41 Å². The first-order valence-corrected chi connectivity index (χ1v) is 13.3. The van der Waals surface area contributed by atoms with Crippen LogP contribution in [-0.4, -0.2) is 72.0 Å². The number of morpholine rings is 1. The second-order valence-electron chi connectivity index (χ2n) is 9.66. The van der Waals surface area contributed by atoms with Crippen LogP contribution in [0.25, 0.3) is 0 Å². The van der Waals surface area contributed by atoms with Crippen LogP contribution in [0.2, 0.25) is 0 Å². The van der Waals surface area contributed by atoms with Crippen molar-refractivity contribution in [1.82, 2.24) is 14.9 Å². The fourth-order valence-electron chi connectivity index (χ4n) is 4.69. The number of alkyl halides is 3. The summed E-state index contributed by atoms with van der Waals surface area (Å²) in [5.41, 5.74) is 5.15. The molecule has 1 aliphatic carbocycles. The minimum atomic E-state index is -4.82. The number of hydrazine groups is 1. The number of anilines is 1. The summed E-state index contributed by atoms with van der Waals surface area (Å²) in [5, 5.41) is 8.00. The number of carbonyl (C=O) groups is 2. The lowest BCUT2D eigenvalue weighted by atomic mass is 10.1. The van der Waals surface area contributed by atoms with Gasteiger partial charge in [-0.3, -0.25) is 24.7 Å². The summed E-state index contributed by atoms with van der Waals surface area (Å²) < 4.78 is 48.6. The lowest BCUT2D eigenvalue weighted by Gasteiger charge is -2.33. The number of amidine groups is 1. The van der Waals surface area contributed by atoms with Crippen LogP contribution < -0.4 is 20.7 Å². The van der Waals surface area contributed by atoms with E-state index in [-0.39, 0.29) is 29.4 Å². The number of ether oxygens (including phenoxy) is 2. The van der Waals surface area contributed by atoms with Crippen LogP contribution in [0.4, 0.5) is 24.5 Å². The van der Waals surface area contributed by atoms with Gasteiger partial charge >= 0.3 is 6.36 Å². The van der Waals surface area contributed by atoms with Crippen molar-refractivity contribution in [2.45, 2.75) is 52.1 Å². The van der Waals surface area contributed by atoms with Crippen LogP contribution in [0.15, 0.2) is 63.5 Å². The topological polar surface area (TPSA) is 126 Å². The van der Waals surface area contributed by atoms with Crippen LogP contribution in [0, 0.1) is 0 Å². The van der Waals surface area contributed by atoms with Gasteiger partial charge in [0.25, 0.3) is 12.0 Å². The van der Waals surface area contributed by atoms with E-state index in [0.717, 1.165) is 47.7 Å². The second kappa shape index (κ2) is 15.2. The summed E-state index contributed by atoms with van der Waals surface area (Å²) in [7, 11) is 0. The van der Waals surface area contributed by atoms with Gasteiger partial charge in [0.1, 0.15) is 17.3 Å². The number of pyridine rings is 1. The predicted molar refractivity (Wildman–Crippen MR) is 150 cm³/mol. The number of halogens is 3. The zero-order chi connectivity index (χ0) is 30.7. The van der Waals surface area contributed by atoms with Crippen molar-refractivity contribution in [3.05, 3.63) is 64.1 Å². The fourth-order valence-corrected chi connectivity index (χ4v) is 4.69. The van der Waals surface area contributed by atoms with Crippen LogP contribution in [0.5, 0.6) is 5.75 Å². The van der Waals surface area contributed by atoms with Gasteiger partial charge in [0.05, 0.1) is 18.9 Å². The SMILES string of the molecule is CC1=C(C(=Nc2cccn(CCN3CCOCC3C)c2=O)NN(C=O)c2ccc(OC(F)(F)F)cc2)CCC1.O=CO. The normalized spacial score (nSPS) is 17.7. The Kier molecular flexibility index (Phi) is 11.7. The standard InChI is InChI=1S/C27H32F3N5O4.CH2O2/c1-19-5-3-6-23(19)25(32-35(18-36)21-8-10-22(11-9-21)39-27(28,29)30)31-24-7-4-12-34(26(24)37)14-13-33-15-16-38-17-20(33)2;2-1-3/h4,7-12,18,20H,3,5-6,13-17H2,1-2H3,(H,31,32);1H,(H,2,3). The monoisotopic (exact) mass is 593 g/mol. The zero-order valence-corrected chi connectivity index (χ0v) is 23.3. The van der Waals surface area contributed by atoms with Crippen molar-refractivity contribution in [2.24, 2.45) is 4.99 Å². The molecule has 1 amide bonds. The lowest BCUT2D eigenvalue weighted by molar-refractivity contribution is -0.274. The van der Waals surface area contributed by atoms with E-state index >= 15 is 0 Å². The molecule has 1 atom stereocenters. The van der Waals surface area contributed by atoms with Crippen molar-refractivity contribution in [2.75, 3.05) is 31.3 Å². The molecule has 4 rings (SSSR count). The fraction of sp³-hybridized carbons (Fsp3) is 0.429. The molecule has 2 N–H and O–H groups in total. The first-order chi connectivity index (χ1) is 20.1. The zero-order valence-electron chi connectivity index (χ0n) is 23.3. The minimum Gasteiger partial charge on any atom is -0.483 e. The van der Waals surface area contributed by atoms with Crippen molar-refractivity contribution >= 4 is 30.1 Å². The molecule has 1 aromatic carbocycles. The summed E-state index contributed by atoms with van der Waals surface area (Å²) in [4.78, 5) is 40.6. The summed E-state index contributed by atoms with van der Waals surface area (Å²) in [5.74, 6) is -0.0685. The van der Waals surface area contributed by atoms with Gasteiger partial charge < -0.3 is 19.1 Å². The Labute approximate surface area is 240 Å². The molecular weight excluding hydrogens is 559 g/mol. The second-order valence-corrected chi connectivity index (χ2v) is 9.66. The van der Waals surface area contributed by atoms with E-state index in [1.807, 2.05) is 6.92 Å². The molecule has 1 fully saturated rings. The number of benzene rings is 1. The molecule has 0 saturated carbocycles. The van der Waals surface area contributed by atoms with Gasteiger partial charge in [-0.2, -0.15) is 0 Å². The third-order valence-corrected chi connectivity index (χ3v) is 6.83. The molecule has 1 saturated heterocycles. The minimum absolute atomic E-state index is 0.210. The Morgan fingerprint density at radius 3 is 2.52 bits per heavy atom. The first-order valence-electron chi connectivity index (χ1n) is 13.3.